The van der Waals surface area contributed by atoms with Crippen molar-refractivity contribution in [1.82, 2.24) is 0 Å². The molecule has 0 N–H and O–H groups in total. The third-order valence-corrected chi connectivity index (χ3v) is 4.44. The quantitative estimate of drug-likeness (QED) is 0.449. The zero-order chi connectivity index (χ0) is 18.7. The van der Waals surface area contributed by atoms with Crippen molar-refractivity contribution < 1.29 is 18.9 Å². The lowest BCUT2D eigenvalue weighted by molar-refractivity contribution is -0.384. The first kappa shape index (κ1) is 17.7. The third-order valence-electron chi connectivity index (χ3n) is 4.44. The van der Waals surface area contributed by atoms with E-state index in [9.17, 15) is 24.1 Å². The van der Waals surface area contributed by atoms with Crippen molar-refractivity contribution in [3.8, 4) is 0 Å². The van der Waals surface area contributed by atoms with Crippen LogP contribution in [0.5, 0.6) is 0 Å². The number of hydrogen-bond donors (Lipinski definition) is 0. The molecule has 0 bridgehead atoms. The van der Waals surface area contributed by atoms with Gasteiger partial charge in [-0.2, -0.15) is 0 Å². The van der Waals surface area contributed by atoms with Gasteiger partial charge in [-0.3, -0.25) is 19.7 Å². The van der Waals surface area contributed by atoms with E-state index >= 15 is 0 Å². The fourth-order valence-corrected chi connectivity index (χ4v) is 3.06. The van der Waals surface area contributed by atoms with Gasteiger partial charge in [-0.25, -0.2) is 4.39 Å². The number of nitro groups is 1. The van der Waals surface area contributed by atoms with Crippen molar-refractivity contribution in [1.29, 1.82) is 0 Å². The maximum absolute atomic E-state index is 12.9. The van der Waals surface area contributed by atoms with Crippen molar-refractivity contribution in [2.75, 3.05) is 11.4 Å². The molecule has 0 fully saturated rings. The lowest BCUT2D eigenvalue weighted by Gasteiger charge is -2.17. The van der Waals surface area contributed by atoms with E-state index in [1.165, 1.54) is 36.4 Å². The largest absolute Gasteiger partial charge is 0.312 e. The second-order valence-electron chi connectivity index (χ2n) is 6.15. The number of benzene rings is 2. The van der Waals surface area contributed by atoms with Crippen molar-refractivity contribution in [2.45, 2.75) is 25.7 Å². The first-order chi connectivity index (χ1) is 12.5. The van der Waals surface area contributed by atoms with Crippen molar-refractivity contribution in [3.05, 3.63) is 69.5 Å². The lowest BCUT2D eigenvalue weighted by atomic mass is 10.1. The first-order valence-electron chi connectivity index (χ1n) is 8.32. The number of fused-ring (bicyclic) bond motifs is 1. The maximum Gasteiger partial charge on any atom is 0.271 e. The maximum atomic E-state index is 12.9. The molecule has 0 saturated heterocycles. The van der Waals surface area contributed by atoms with Gasteiger partial charge in [0.25, 0.3) is 5.69 Å². The minimum absolute atomic E-state index is 0.0464. The van der Waals surface area contributed by atoms with Gasteiger partial charge in [0.15, 0.2) is 5.78 Å². The second kappa shape index (κ2) is 7.43. The van der Waals surface area contributed by atoms with Gasteiger partial charge in [0.05, 0.1) is 10.6 Å². The Morgan fingerprint density at radius 3 is 2.54 bits per heavy atom. The number of ketones is 1. The molecule has 2 aromatic rings. The molecule has 1 aliphatic heterocycles. The molecule has 1 aliphatic rings. The molecule has 134 valence electrons. The van der Waals surface area contributed by atoms with Crippen LogP contribution >= 0.6 is 0 Å². The number of nitrogens with zero attached hydrogens (tertiary/aromatic N) is 2. The number of non-ortho nitro benzene ring substituents is 1. The number of carbonyl (C=O) groups is 2. The average Bonchev–Trinajstić information content (AvgIpc) is 3.05. The highest BCUT2D eigenvalue weighted by atomic mass is 19.1. The van der Waals surface area contributed by atoms with Crippen LogP contribution in [0.4, 0.5) is 15.8 Å². The van der Waals surface area contributed by atoms with Crippen LogP contribution in [0, 0.1) is 15.9 Å². The van der Waals surface area contributed by atoms with Crippen LogP contribution in [0.2, 0.25) is 0 Å². The van der Waals surface area contributed by atoms with E-state index in [2.05, 4.69) is 0 Å². The summed E-state index contributed by atoms with van der Waals surface area (Å²) in [5.74, 6) is -0.704. The van der Waals surface area contributed by atoms with Gasteiger partial charge in [-0.05, 0) is 42.7 Å². The predicted molar refractivity (Wildman–Crippen MR) is 93.7 cm³/mol. The Morgan fingerprint density at radius 1 is 1.12 bits per heavy atom. The topological polar surface area (TPSA) is 80.5 Å². The Kier molecular flexibility index (Phi) is 5.06. The summed E-state index contributed by atoms with van der Waals surface area (Å²) in [6.45, 7) is 0.487. The van der Waals surface area contributed by atoms with Crippen LogP contribution in [0.15, 0.2) is 42.5 Å². The molecule has 1 heterocycles. The summed E-state index contributed by atoms with van der Waals surface area (Å²) >= 11 is 0. The molecular weight excluding hydrogens is 339 g/mol. The van der Waals surface area contributed by atoms with Crippen LogP contribution in [0.25, 0.3) is 0 Å². The molecule has 0 radical (unpaired) electrons. The van der Waals surface area contributed by atoms with Gasteiger partial charge < -0.3 is 4.90 Å². The highest BCUT2D eigenvalue weighted by Gasteiger charge is 2.26. The molecule has 0 aromatic heterocycles. The SMILES string of the molecule is O=C(CCCC(=O)N1CCc2ccc([N+](=O)[O-])cc21)c1ccc(F)cc1. The minimum Gasteiger partial charge on any atom is -0.312 e. The standard InChI is InChI=1S/C19H17FN2O4/c20-15-7-4-14(5-8-15)18(23)2-1-3-19(24)21-11-10-13-6-9-16(22(25)26)12-17(13)21/h4-9,12H,1-3,10-11H2. The van der Waals surface area contributed by atoms with Crippen LogP contribution in [-0.4, -0.2) is 23.2 Å². The summed E-state index contributed by atoms with van der Waals surface area (Å²) in [6, 6.07) is 9.85. The van der Waals surface area contributed by atoms with Crippen LogP contribution in [0.3, 0.4) is 0 Å². The Bertz CT molecular complexity index is 864. The number of hydrogen-bond acceptors (Lipinski definition) is 4. The predicted octanol–water partition coefficient (Wildman–Crippen LogP) is 3.68. The molecule has 0 spiro atoms. The third kappa shape index (κ3) is 3.77. The van der Waals surface area contributed by atoms with Gasteiger partial charge in [-0.1, -0.05) is 6.07 Å². The fourth-order valence-electron chi connectivity index (χ4n) is 3.06. The van der Waals surface area contributed by atoms with Gasteiger partial charge in [0.1, 0.15) is 5.82 Å². The van der Waals surface area contributed by atoms with E-state index in [-0.39, 0.29) is 30.2 Å². The second-order valence-corrected chi connectivity index (χ2v) is 6.15. The average molecular weight is 356 g/mol. The molecule has 7 heteroatoms. The molecule has 0 atom stereocenters. The van der Waals surface area contributed by atoms with Gasteiger partial charge in [0.2, 0.25) is 5.91 Å². The summed E-state index contributed by atoms with van der Waals surface area (Å²) in [6.07, 6.45) is 1.39. The van der Waals surface area contributed by atoms with E-state index < -0.39 is 10.7 Å². The van der Waals surface area contributed by atoms with Crippen molar-refractivity contribution >= 4 is 23.1 Å². The lowest BCUT2D eigenvalue weighted by Crippen LogP contribution is -2.28. The minimum atomic E-state index is -0.484. The number of Topliss-reactive ketones (excluding diaryl/α,β-unsaturated/α-hetero) is 1. The Labute approximate surface area is 149 Å². The molecule has 6 nitrogen and oxygen atoms in total. The zero-order valence-corrected chi connectivity index (χ0v) is 14.0. The Balaban J connectivity index is 1.58. The number of nitro benzene ring substituents is 1. The van der Waals surface area contributed by atoms with E-state index in [0.717, 1.165) is 5.56 Å². The summed E-state index contributed by atoms with van der Waals surface area (Å²) in [7, 11) is 0. The van der Waals surface area contributed by atoms with E-state index in [0.29, 0.717) is 30.6 Å². The van der Waals surface area contributed by atoms with Crippen LogP contribution in [0.1, 0.15) is 35.2 Å². The molecule has 26 heavy (non-hydrogen) atoms. The first-order valence-corrected chi connectivity index (χ1v) is 8.32. The highest BCUT2D eigenvalue weighted by molar-refractivity contribution is 5.98. The van der Waals surface area contributed by atoms with Gasteiger partial charge >= 0.3 is 0 Å². The fraction of sp³-hybridized carbons (Fsp3) is 0.263. The molecule has 1 amide bonds. The Hall–Kier alpha value is -3.09. The van der Waals surface area contributed by atoms with E-state index in [1.807, 2.05) is 0 Å². The Morgan fingerprint density at radius 2 is 1.85 bits per heavy atom. The molecule has 2 aromatic carbocycles. The normalized spacial score (nSPS) is 12.7. The molecule has 0 saturated carbocycles. The molecule has 0 aliphatic carbocycles. The number of carbonyl (C=O) groups excluding carboxylic acids is 2. The van der Waals surface area contributed by atoms with Crippen molar-refractivity contribution in [2.24, 2.45) is 0 Å². The van der Waals surface area contributed by atoms with Crippen LogP contribution in [-0.2, 0) is 11.2 Å². The zero-order valence-electron chi connectivity index (χ0n) is 14.0. The summed E-state index contributed by atoms with van der Waals surface area (Å²) in [4.78, 5) is 36.5. The van der Waals surface area contributed by atoms with Crippen molar-refractivity contribution in [3.63, 3.8) is 0 Å². The summed E-state index contributed by atoms with van der Waals surface area (Å²) in [5, 5.41) is 10.9. The van der Waals surface area contributed by atoms with Gasteiger partial charge in [0, 0.05) is 37.1 Å². The number of halogens is 1. The molecule has 3 rings (SSSR count). The summed E-state index contributed by atoms with van der Waals surface area (Å²) in [5.41, 5.74) is 1.86. The van der Waals surface area contributed by atoms with Crippen LogP contribution < -0.4 is 4.90 Å². The smallest absolute Gasteiger partial charge is 0.271 e. The monoisotopic (exact) mass is 356 g/mol. The highest BCUT2D eigenvalue weighted by Crippen LogP contribution is 2.32. The number of rotatable bonds is 6. The number of amides is 1. The number of anilines is 1. The molecule has 0 unspecified atom stereocenters. The summed E-state index contributed by atoms with van der Waals surface area (Å²) < 4.78 is 12.9. The molecular formula is C19H17FN2O4. The van der Waals surface area contributed by atoms with E-state index in [4.69, 9.17) is 0 Å². The van der Waals surface area contributed by atoms with Gasteiger partial charge in [-0.15, -0.1) is 0 Å². The van der Waals surface area contributed by atoms with E-state index in [1.54, 1.807) is 11.0 Å².